The third-order valence-electron chi connectivity index (χ3n) is 4.71. The van der Waals surface area contributed by atoms with E-state index >= 15 is 0 Å². The Kier molecular flexibility index (Phi) is 6.41. The number of methoxy groups -OCH3 is 3. The molecule has 28 heavy (non-hydrogen) atoms. The molecule has 0 radical (unpaired) electrons. The van der Waals surface area contributed by atoms with Crippen molar-refractivity contribution in [3.05, 3.63) is 39.1 Å². The summed E-state index contributed by atoms with van der Waals surface area (Å²) in [5.74, 6) is 0.309. The van der Waals surface area contributed by atoms with Gasteiger partial charge in [-0.25, -0.2) is 0 Å². The van der Waals surface area contributed by atoms with Gasteiger partial charge in [-0.3, -0.25) is 20.4 Å². The first-order valence-electron chi connectivity index (χ1n) is 9.09. The standard InChI is InChI=1S/C20H24N2O5S/c1-25-14-11-16(27-3)15(26-2)10-13(14)19(23)21-22-20(24)18-9-12-7-5-4-6-8-17(12)28-18/h9-11H,4-8H2,1-3H3,(H,21,23)(H,22,24). The molecule has 1 aliphatic carbocycles. The van der Waals surface area contributed by atoms with Crippen LogP contribution in [0.25, 0.3) is 0 Å². The zero-order valence-electron chi connectivity index (χ0n) is 16.2. The molecule has 8 heteroatoms. The second-order valence-corrected chi connectivity index (χ2v) is 7.57. The van der Waals surface area contributed by atoms with Crippen LogP contribution < -0.4 is 25.1 Å². The zero-order chi connectivity index (χ0) is 20.1. The van der Waals surface area contributed by atoms with Gasteiger partial charge in [0, 0.05) is 17.0 Å². The molecule has 2 aromatic rings. The van der Waals surface area contributed by atoms with Crippen molar-refractivity contribution in [2.24, 2.45) is 0 Å². The Morgan fingerprint density at radius 2 is 1.46 bits per heavy atom. The lowest BCUT2D eigenvalue weighted by Gasteiger charge is -2.14. The summed E-state index contributed by atoms with van der Waals surface area (Å²) in [6, 6.07) is 5.00. The number of carbonyl (C=O) groups is 2. The van der Waals surface area contributed by atoms with Crippen LogP contribution in [0.4, 0.5) is 0 Å². The summed E-state index contributed by atoms with van der Waals surface area (Å²) in [4.78, 5) is 26.9. The maximum absolute atomic E-state index is 12.6. The summed E-state index contributed by atoms with van der Waals surface area (Å²) in [5, 5.41) is 0. The Hall–Kier alpha value is -2.74. The quantitative estimate of drug-likeness (QED) is 0.591. The van der Waals surface area contributed by atoms with Gasteiger partial charge in [0.1, 0.15) is 5.75 Å². The topological polar surface area (TPSA) is 85.9 Å². The van der Waals surface area contributed by atoms with Crippen molar-refractivity contribution in [3.8, 4) is 17.2 Å². The Bertz CT molecular complexity index is 854. The van der Waals surface area contributed by atoms with E-state index in [-0.39, 0.29) is 11.5 Å². The maximum Gasteiger partial charge on any atom is 0.279 e. The summed E-state index contributed by atoms with van der Waals surface area (Å²) in [6.45, 7) is 0. The van der Waals surface area contributed by atoms with Gasteiger partial charge < -0.3 is 14.2 Å². The third-order valence-corrected chi connectivity index (χ3v) is 5.95. The number of fused-ring (bicyclic) bond motifs is 1. The Morgan fingerprint density at radius 1 is 0.821 bits per heavy atom. The number of hydrogen-bond acceptors (Lipinski definition) is 6. The predicted octanol–water partition coefficient (Wildman–Crippen LogP) is 3.12. The number of benzene rings is 1. The average molecular weight is 404 g/mol. The Labute approximate surface area is 168 Å². The van der Waals surface area contributed by atoms with Gasteiger partial charge in [-0.1, -0.05) is 6.42 Å². The largest absolute Gasteiger partial charge is 0.496 e. The first kappa shape index (κ1) is 20.0. The molecule has 2 amide bonds. The smallest absolute Gasteiger partial charge is 0.279 e. The predicted molar refractivity (Wildman–Crippen MR) is 107 cm³/mol. The molecule has 1 aromatic carbocycles. The highest BCUT2D eigenvalue weighted by Gasteiger charge is 2.20. The van der Waals surface area contributed by atoms with Crippen LogP contribution in [0, 0.1) is 0 Å². The lowest BCUT2D eigenvalue weighted by atomic mass is 10.1. The molecule has 0 unspecified atom stereocenters. The average Bonchev–Trinajstić information content (AvgIpc) is 3.01. The van der Waals surface area contributed by atoms with Crippen molar-refractivity contribution >= 4 is 23.2 Å². The molecule has 1 aliphatic rings. The lowest BCUT2D eigenvalue weighted by molar-refractivity contribution is 0.0847. The number of amides is 2. The summed E-state index contributed by atoms with van der Waals surface area (Å²) in [5.41, 5.74) is 6.40. The van der Waals surface area contributed by atoms with Crippen LogP contribution in [0.1, 0.15) is 49.7 Å². The van der Waals surface area contributed by atoms with Crippen LogP contribution in [0.3, 0.4) is 0 Å². The van der Waals surface area contributed by atoms with E-state index in [1.165, 1.54) is 55.6 Å². The number of carbonyl (C=O) groups excluding carboxylic acids is 2. The first-order valence-corrected chi connectivity index (χ1v) is 9.91. The van der Waals surface area contributed by atoms with Gasteiger partial charge in [0.25, 0.3) is 11.8 Å². The fourth-order valence-corrected chi connectivity index (χ4v) is 4.38. The van der Waals surface area contributed by atoms with E-state index in [0.29, 0.717) is 22.1 Å². The van der Waals surface area contributed by atoms with Crippen LogP contribution in [0.5, 0.6) is 17.2 Å². The van der Waals surface area contributed by atoms with E-state index < -0.39 is 5.91 Å². The molecule has 150 valence electrons. The highest BCUT2D eigenvalue weighted by molar-refractivity contribution is 7.14. The Balaban J connectivity index is 1.71. The van der Waals surface area contributed by atoms with E-state index in [2.05, 4.69) is 10.9 Å². The van der Waals surface area contributed by atoms with Gasteiger partial charge in [0.05, 0.1) is 31.8 Å². The fraction of sp³-hybridized carbons (Fsp3) is 0.400. The van der Waals surface area contributed by atoms with E-state index in [0.717, 1.165) is 25.7 Å². The number of hydrazine groups is 1. The minimum absolute atomic E-state index is 0.224. The molecular formula is C20H24N2O5S. The molecule has 2 N–H and O–H groups in total. The molecular weight excluding hydrogens is 380 g/mol. The van der Waals surface area contributed by atoms with Crippen molar-refractivity contribution in [2.45, 2.75) is 32.1 Å². The number of aryl methyl sites for hydroxylation is 2. The normalized spacial score (nSPS) is 13.1. The molecule has 0 saturated heterocycles. The summed E-state index contributed by atoms with van der Waals surface area (Å²) < 4.78 is 15.7. The van der Waals surface area contributed by atoms with E-state index in [9.17, 15) is 9.59 Å². The number of ether oxygens (including phenoxy) is 3. The minimum atomic E-state index is -0.510. The third kappa shape index (κ3) is 4.22. The molecule has 1 aromatic heterocycles. The van der Waals surface area contributed by atoms with Crippen molar-refractivity contribution in [3.63, 3.8) is 0 Å². The van der Waals surface area contributed by atoms with Crippen LogP contribution in [0.15, 0.2) is 18.2 Å². The molecule has 0 saturated carbocycles. The van der Waals surface area contributed by atoms with Crippen LogP contribution in [0.2, 0.25) is 0 Å². The molecule has 0 atom stereocenters. The summed E-state index contributed by atoms with van der Waals surface area (Å²) in [7, 11) is 4.43. The zero-order valence-corrected chi connectivity index (χ0v) is 17.0. The van der Waals surface area contributed by atoms with Crippen molar-refractivity contribution in [1.29, 1.82) is 0 Å². The van der Waals surface area contributed by atoms with E-state index in [1.54, 1.807) is 6.07 Å². The van der Waals surface area contributed by atoms with Gasteiger partial charge >= 0.3 is 0 Å². The number of hydrogen-bond donors (Lipinski definition) is 2. The number of nitrogens with one attached hydrogen (secondary N) is 2. The molecule has 1 heterocycles. The van der Waals surface area contributed by atoms with Crippen LogP contribution in [-0.2, 0) is 12.8 Å². The van der Waals surface area contributed by atoms with Crippen LogP contribution in [-0.4, -0.2) is 33.1 Å². The minimum Gasteiger partial charge on any atom is -0.496 e. The van der Waals surface area contributed by atoms with Crippen LogP contribution >= 0.6 is 11.3 Å². The molecule has 0 fully saturated rings. The number of rotatable bonds is 5. The van der Waals surface area contributed by atoms with Gasteiger partial charge in [-0.2, -0.15) is 0 Å². The molecule has 0 bridgehead atoms. The van der Waals surface area contributed by atoms with E-state index in [1.807, 2.05) is 6.07 Å². The van der Waals surface area contributed by atoms with Crippen molar-refractivity contribution in [1.82, 2.24) is 10.9 Å². The SMILES string of the molecule is COc1cc(OC)c(C(=O)NNC(=O)c2cc3c(s2)CCCCC3)cc1OC. The van der Waals surface area contributed by atoms with Gasteiger partial charge in [0.15, 0.2) is 11.5 Å². The molecule has 0 aliphatic heterocycles. The summed E-state index contributed by atoms with van der Waals surface area (Å²) >= 11 is 1.50. The maximum atomic E-state index is 12.6. The fourth-order valence-electron chi connectivity index (χ4n) is 3.23. The highest BCUT2D eigenvalue weighted by Crippen LogP contribution is 2.34. The molecule has 7 nitrogen and oxygen atoms in total. The first-order chi connectivity index (χ1) is 13.6. The summed E-state index contributed by atoms with van der Waals surface area (Å²) in [6.07, 6.45) is 5.56. The lowest BCUT2D eigenvalue weighted by Crippen LogP contribution is -2.41. The second-order valence-electron chi connectivity index (χ2n) is 6.44. The molecule has 0 spiro atoms. The van der Waals surface area contributed by atoms with Crippen molar-refractivity contribution in [2.75, 3.05) is 21.3 Å². The van der Waals surface area contributed by atoms with Gasteiger partial charge in [-0.15, -0.1) is 11.3 Å². The molecule has 3 rings (SSSR count). The monoisotopic (exact) mass is 404 g/mol. The second kappa shape index (κ2) is 8.97. The van der Waals surface area contributed by atoms with Crippen molar-refractivity contribution < 1.29 is 23.8 Å². The number of thiophene rings is 1. The Morgan fingerprint density at radius 3 is 2.18 bits per heavy atom. The van der Waals surface area contributed by atoms with E-state index in [4.69, 9.17) is 14.2 Å². The highest BCUT2D eigenvalue weighted by atomic mass is 32.1. The van der Waals surface area contributed by atoms with Gasteiger partial charge in [-0.05, 0) is 37.3 Å². The van der Waals surface area contributed by atoms with Gasteiger partial charge in [0.2, 0.25) is 0 Å².